The van der Waals surface area contributed by atoms with Gasteiger partial charge in [0.25, 0.3) is 5.91 Å². The molecule has 1 aromatic rings. The maximum absolute atomic E-state index is 12.5. The van der Waals surface area contributed by atoms with Gasteiger partial charge in [0.1, 0.15) is 11.7 Å². The normalized spacial score (nSPS) is 11.5. The minimum atomic E-state index is -4.42. The molecule has 1 amide bonds. The standard InChI is InChI=1S/C13H16ClF3N2O/c1-3-4-5-19(8-13(15,16)17)12(20)10-6-9(2)18-11(14)7-10/h6-7H,3-5,8H2,1-2H3. The second-order valence-electron chi connectivity index (χ2n) is 4.52. The first-order valence-corrected chi connectivity index (χ1v) is 6.61. The minimum absolute atomic E-state index is 0.0633. The van der Waals surface area contributed by atoms with Gasteiger partial charge in [-0.3, -0.25) is 4.79 Å². The van der Waals surface area contributed by atoms with Crippen molar-refractivity contribution in [3.8, 4) is 0 Å². The van der Waals surface area contributed by atoms with Crippen LogP contribution in [0, 0.1) is 6.92 Å². The van der Waals surface area contributed by atoms with Crippen LogP contribution in [0.2, 0.25) is 5.15 Å². The molecule has 1 aromatic heterocycles. The number of aryl methyl sites for hydroxylation is 1. The summed E-state index contributed by atoms with van der Waals surface area (Å²) in [4.78, 5) is 16.9. The van der Waals surface area contributed by atoms with Gasteiger partial charge in [-0.1, -0.05) is 24.9 Å². The van der Waals surface area contributed by atoms with E-state index in [4.69, 9.17) is 11.6 Å². The van der Waals surface area contributed by atoms with Crippen molar-refractivity contribution < 1.29 is 18.0 Å². The molecule has 0 saturated carbocycles. The number of hydrogen-bond donors (Lipinski definition) is 0. The average Bonchev–Trinajstić information content (AvgIpc) is 2.31. The molecule has 7 heteroatoms. The molecule has 0 unspecified atom stereocenters. The number of aromatic nitrogens is 1. The Balaban J connectivity index is 2.96. The number of pyridine rings is 1. The number of amides is 1. The third-order valence-electron chi connectivity index (χ3n) is 2.61. The lowest BCUT2D eigenvalue weighted by atomic mass is 10.2. The first-order chi connectivity index (χ1) is 9.23. The SMILES string of the molecule is CCCCN(CC(F)(F)F)C(=O)c1cc(C)nc(Cl)c1. The van der Waals surface area contributed by atoms with Gasteiger partial charge < -0.3 is 4.90 Å². The van der Waals surface area contributed by atoms with E-state index in [9.17, 15) is 18.0 Å². The molecule has 0 aliphatic heterocycles. The molecule has 20 heavy (non-hydrogen) atoms. The summed E-state index contributed by atoms with van der Waals surface area (Å²) in [5.41, 5.74) is 0.617. The third kappa shape index (κ3) is 5.36. The quantitative estimate of drug-likeness (QED) is 0.774. The molecule has 0 saturated heterocycles. The van der Waals surface area contributed by atoms with Crippen LogP contribution >= 0.6 is 11.6 Å². The lowest BCUT2D eigenvalue weighted by Crippen LogP contribution is -2.39. The summed E-state index contributed by atoms with van der Waals surface area (Å²) in [5, 5.41) is 0.0933. The number of carbonyl (C=O) groups excluding carboxylic acids is 1. The Morgan fingerprint density at radius 1 is 1.40 bits per heavy atom. The highest BCUT2D eigenvalue weighted by atomic mass is 35.5. The van der Waals surface area contributed by atoms with E-state index in [-0.39, 0.29) is 17.3 Å². The van der Waals surface area contributed by atoms with E-state index in [0.29, 0.717) is 18.5 Å². The molecule has 1 heterocycles. The van der Waals surface area contributed by atoms with E-state index in [0.717, 1.165) is 4.90 Å². The molecule has 1 rings (SSSR count). The van der Waals surface area contributed by atoms with Crippen LogP contribution < -0.4 is 0 Å². The van der Waals surface area contributed by atoms with Crippen LogP contribution in [0.5, 0.6) is 0 Å². The first kappa shape index (κ1) is 16.8. The van der Waals surface area contributed by atoms with Crippen molar-refractivity contribution in [2.24, 2.45) is 0 Å². The van der Waals surface area contributed by atoms with E-state index in [1.165, 1.54) is 12.1 Å². The van der Waals surface area contributed by atoms with Crippen molar-refractivity contribution in [2.75, 3.05) is 13.1 Å². The number of halogens is 4. The zero-order chi connectivity index (χ0) is 15.3. The molecule has 0 N–H and O–H groups in total. The van der Waals surface area contributed by atoms with Crippen LogP contribution in [0.4, 0.5) is 13.2 Å². The molecular weight excluding hydrogens is 293 g/mol. The Morgan fingerprint density at radius 3 is 2.55 bits per heavy atom. The zero-order valence-corrected chi connectivity index (χ0v) is 12.1. The second-order valence-corrected chi connectivity index (χ2v) is 4.90. The van der Waals surface area contributed by atoms with E-state index in [2.05, 4.69) is 4.98 Å². The summed E-state index contributed by atoms with van der Waals surface area (Å²) in [6.45, 7) is 2.28. The molecule has 0 bridgehead atoms. The van der Waals surface area contributed by atoms with E-state index in [1.807, 2.05) is 6.92 Å². The summed E-state index contributed by atoms with van der Waals surface area (Å²) in [6.07, 6.45) is -3.20. The number of alkyl halides is 3. The lowest BCUT2D eigenvalue weighted by molar-refractivity contribution is -0.140. The monoisotopic (exact) mass is 308 g/mol. The molecule has 0 aromatic carbocycles. The van der Waals surface area contributed by atoms with Gasteiger partial charge in [-0.05, 0) is 25.5 Å². The fourth-order valence-electron chi connectivity index (χ4n) is 1.75. The van der Waals surface area contributed by atoms with Gasteiger partial charge in [0.2, 0.25) is 0 Å². The van der Waals surface area contributed by atoms with Crippen molar-refractivity contribution in [1.82, 2.24) is 9.88 Å². The molecule has 0 aliphatic carbocycles. The van der Waals surface area contributed by atoms with Crippen molar-refractivity contribution >= 4 is 17.5 Å². The Labute approximate surface area is 120 Å². The lowest BCUT2D eigenvalue weighted by Gasteiger charge is -2.24. The average molecular weight is 309 g/mol. The summed E-state index contributed by atoms with van der Waals surface area (Å²) < 4.78 is 37.6. The highest BCUT2D eigenvalue weighted by Gasteiger charge is 2.33. The Kier molecular flexibility index (Phi) is 5.80. The van der Waals surface area contributed by atoms with Crippen molar-refractivity contribution in [3.63, 3.8) is 0 Å². The summed E-state index contributed by atoms with van der Waals surface area (Å²) >= 11 is 5.73. The van der Waals surface area contributed by atoms with Gasteiger partial charge in [-0.25, -0.2) is 4.98 Å². The number of rotatable bonds is 5. The molecular formula is C13H16ClF3N2O. The fraction of sp³-hybridized carbons (Fsp3) is 0.538. The smallest absolute Gasteiger partial charge is 0.330 e. The number of unbranched alkanes of at least 4 members (excludes halogenated alkanes) is 1. The third-order valence-corrected chi connectivity index (χ3v) is 2.80. The van der Waals surface area contributed by atoms with Crippen LogP contribution in [-0.2, 0) is 0 Å². The largest absolute Gasteiger partial charge is 0.406 e. The molecule has 112 valence electrons. The minimum Gasteiger partial charge on any atom is -0.330 e. The highest BCUT2D eigenvalue weighted by molar-refractivity contribution is 6.29. The molecule has 0 fully saturated rings. The maximum atomic E-state index is 12.5. The van der Waals surface area contributed by atoms with Crippen LogP contribution in [0.3, 0.4) is 0 Å². The first-order valence-electron chi connectivity index (χ1n) is 6.23. The Hall–Kier alpha value is -1.30. The van der Waals surface area contributed by atoms with Crippen molar-refractivity contribution in [1.29, 1.82) is 0 Å². The number of hydrogen-bond acceptors (Lipinski definition) is 2. The second kappa shape index (κ2) is 6.92. The summed E-state index contributed by atoms with van der Waals surface area (Å²) in [5.74, 6) is -0.678. The van der Waals surface area contributed by atoms with E-state index >= 15 is 0 Å². The maximum Gasteiger partial charge on any atom is 0.406 e. The molecule has 3 nitrogen and oxygen atoms in total. The van der Waals surface area contributed by atoms with Crippen molar-refractivity contribution in [2.45, 2.75) is 32.9 Å². The Bertz CT molecular complexity index is 457. The molecule has 0 atom stereocenters. The number of carbonyl (C=O) groups is 1. The van der Waals surface area contributed by atoms with Gasteiger partial charge in [-0.2, -0.15) is 13.2 Å². The van der Waals surface area contributed by atoms with Gasteiger partial charge >= 0.3 is 6.18 Å². The van der Waals surface area contributed by atoms with Crippen LogP contribution in [0.1, 0.15) is 35.8 Å². The van der Waals surface area contributed by atoms with Crippen LogP contribution in [0.25, 0.3) is 0 Å². The summed E-state index contributed by atoms with van der Waals surface area (Å²) in [6, 6.07) is 2.72. The van der Waals surface area contributed by atoms with Crippen LogP contribution in [0.15, 0.2) is 12.1 Å². The van der Waals surface area contributed by atoms with Gasteiger partial charge in [0.05, 0.1) is 0 Å². The molecule has 0 aliphatic rings. The predicted octanol–water partition coefficient (Wildman–Crippen LogP) is 3.85. The fourth-order valence-corrected chi connectivity index (χ4v) is 2.00. The van der Waals surface area contributed by atoms with E-state index < -0.39 is 18.6 Å². The molecule has 0 spiro atoms. The Morgan fingerprint density at radius 2 is 2.05 bits per heavy atom. The van der Waals surface area contributed by atoms with Gasteiger partial charge in [-0.15, -0.1) is 0 Å². The predicted molar refractivity (Wildman–Crippen MR) is 70.9 cm³/mol. The van der Waals surface area contributed by atoms with Crippen molar-refractivity contribution in [3.05, 3.63) is 28.5 Å². The van der Waals surface area contributed by atoms with E-state index in [1.54, 1.807) is 6.92 Å². The van der Waals surface area contributed by atoms with Gasteiger partial charge in [0, 0.05) is 17.8 Å². The summed E-state index contributed by atoms with van der Waals surface area (Å²) in [7, 11) is 0. The van der Waals surface area contributed by atoms with Gasteiger partial charge in [0.15, 0.2) is 0 Å². The highest BCUT2D eigenvalue weighted by Crippen LogP contribution is 2.20. The van der Waals surface area contributed by atoms with Crippen LogP contribution in [-0.4, -0.2) is 35.1 Å². The number of nitrogens with zero attached hydrogens (tertiary/aromatic N) is 2. The topological polar surface area (TPSA) is 33.2 Å². The molecule has 0 radical (unpaired) electrons. The zero-order valence-electron chi connectivity index (χ0n) is 11.3.